The van der Waals surface area contributed by atoms with Crippen LogP contribution in [0.15, 0.2) is 48.7 Å². The predicted molar refractivity (Wildman–Crippen MR) is 74.2 cm³/mol. The van der Waals surface area contributed by atoms with Crippen molar-refractivity contribution in [3.63, 3.8) is 0 Å². The molecule has 0 radical (unpaired) electrons. The van der Waals surface area contributed by atoms with Crippen molar-refractivity contribution in [2.24, 2.45) is 0 Å². The molecule has 1 aromatic carbocycles. The highest BCUT2D eigenvalue weighted by atomic mass is 19.1. The van der Waals surface area contributed by atoms with Gasteiger partial charge < -0.3 is 10.6 Å². The van der Waals surface area contributed by atoms with Crippen molar-refractivity contribution in [2.45, 2.75) is 13.1 Å². The van der Waals surface area contributed by atoms with Crippen LogP contribution < -0.4 is 10.6 Å². The molecule has 20 heavy (non-hydrogen) atoms. The lowest BCUT2D eigenvalue weighted by Gasteiger charge is -2.07. The van der Waals surface area contributed by atoms with Gasteiger partial charge in [0.15, 0.2) is 0 Å². The Bertz CT molecular complexity index is 560. The highest BCUT2D eigenvalue weighted by molar-refractivity contribution is 5.77. The Hall–Kier alpha value is -2.27. The van der Waals surface area contributed by atoms with Gasteiger partial charge in [-0.25, -0.2) is 4.39 Å². The van der Waals surface area contributed by atoms with E-state index in [1.54, 1.807) is 24.4 Å². The van der Waals surface area contributed by atoms with E-state index in [-0.39, 0.29) is 18.3 Å². The van der Waals surface area contributed by atoms with Gasteiger partial charge in [0, 0.05) is 18.3 Å². The SMILES string of the molecule is O=C(CNCc1ccccc1F)NCc1ccccn1. The van der Waals surface area contributed by atoms with Crippen LogP contribution >= 0.6 is 0 Å². The molecule has 0 saturated heterocycles. The van der Waals surface area contributed by atoms with Gasteiger partial charge in [0.05, 0.1) is 18.8 Å². The van der Waals surface area contributed by atoms with E-state index in [1.165, 1.54) is 6.07 Å². The van der Waals surface area contributed by atoms with Crippen molar-refractivity contribution in [3.8, 4) is 0 Å². The molecule has 104 valence electrons. The van der Waals surface area contributed by atoms with E-state index in [0.29, 0.717) is 18.7 Å². The Morgan fingerprint density at radius 1 is 1.10 bits per heavy atom. The summed E-state index contributed by atoms with van der Waals surface area (Å²) in [4.78, 5) is 15.7. The summed E-state index contributed by atoms with van der Waals surface area (Å²) in [5.41, 5.74) is 1.35. The van der Waals surface area contributed by atoms with Gasteiger partial charge in [-0.1, -0.05) is 24.3 Å². The number of nitrogens with zero attached hydrogens (tertiary/aromatic N) is 1. The van der Waals surface area contributed by atoms with E-state index in [0.717, 1.165) is 5.69 Å². The lowest BCUT2D eigenvalue weighted by molar-refractivity contribution is -0.120. The second-order valence-electron chi connectivity index (χ2n) is 4.29. The van der Waals surface area contributed by atoms with E-state index in [1.807, 2.05) is 18.2 Å². The molecular formula is C15H16FN3O. The molecule has 0 aliphatic rings. The lowest BCUT2D eigenvalue weighted by Crippen LogP contribution is -2.33. The van der Waals surface area contributed by atoms with Crippen molar-refractivity contribution in [2.75, 3.05) is 6.54 Å². The molecule has 1 aromatic heterocycles. The van der Waals surface area contributed by atoms with Crippen LogP contribution in [0.3, 0.4) is 0 Å². The van der Waals surface area contributed by atoms with Gasteiger partial charge in [0.25, 0.3) is 0 Å². The topological polar surface area (TPSA) is 54.0 Å². The second kappa shape index (κ2) is 7.35. The summed E-state index contributed by atoms with van der Waals surface area (Å²) in [6, 6.07) is 12.0. The first-order valence-electron chi connectivity index (χ1n) is 6.36. The number of benzene rings is 1. The first-order valence-corrected chi connectivity index (χ1v) is 6.36. The van der Waals surface area contributed by atoms with Crippen LogP contribution in [0.25, 0.3) is 0 Å². The highest BCUT2D eigenvalue weighted by Gasteiger charge is 2.03. The Balaban J connectivity index is 1.69. The number of rotatable bonds is 6. The number of amides is 1. The number of aromatic nitrogens is 1. The molecule has 0 bridgehead atoms. The molecule has 1 amide bonds. The van der Waals surface area contributed by atoms with E-state index in [9.17, 15) is 9.18 Å². The van der Waals surface area contributed by atoms with Crippen molar-refractivity contribution in [1.29, 1.82) is 0 Å². The van der Waals surface area contributed by atoms with Crippen molar-refractivity contribution in [1.82, 2.24) is 15.6 Å². The summed E-state index contributed by atoms with van der Waals surface area (Å²) in [5.74, 6) is -0.416. The number of pyridine rings is 1. The second-order valence-corrected chi connectivity index (χ2v) is 4.29. The minimum absolute atomic E-state index is 0.140. The standard InChI is InChI=1S/C15H16FN3O/c16-14-7-2-1-5-12(14)9-17-11-15(20)19-10-13-6-3-4-8-18-13/h1-8,17H,9-11H2,(H,19,20). The normalized spacial score (nSPS) is 10.2. The Labute approximate surface area is 117 Å². The lowest BCUT2D eigenvalue weighted by atomic mass is 10.2. The van der Waals surface area contributed by atoms with Gasteiger partial charge >= 0.3 is 0 Å². The largest absolute Gasteiger partial charge is 0.349 e. The zero-order chi connectivity index (χ0) is 14.2. The monoisotopic (exact) mass is 273 g/mol. The Morgan fingerprint density at radius 3 is 2.65 bits per heavy atom. The molecule has 2 rings (SSSR count). The quantitative estimate of drug-likeness (QED) is 0.841. The summed E-state index contributed by atoms with van der Waals surface area (Å²) in [6.45, 7) is 0.853. The van der Waals surface area contributed by atoms with Crippen LogP contribution in [-0.4, -0.2) is 17.4 Å². The summed E-state index contributed by atoms with van der Waals surface area (Å²) >= 11 is 0. The van der Waals surface area contributed by atoms with Gasteiger partial charge in [-0.3, -0.25) is 9.78 Å². The number of hydrogen-bond acceptors (Lipinski definition) is 3. The maximum Gasteiger partial charge on any atom is 0.234 e. The molecule has 0 aliphatic heterocycles. The van der Waals surface area contributed by atoms with E-state index >= 15 is 0 Å². The molecule has 1 heterocycles. The molecule has 0 aliphatic carbocycles. The summed E-state index contributed by atoms with van der Waals surface area (Å²) in [7, 11) is 0. The average Bonchev–Trinajstić information content (AvgIpc) is 2.48. The molecule has 5 heteroatoms. The fourth-order valence-electron chi connectivity index (χ4n) is 1.71. The minimum atomic E-state index is -0.270. The number of hydrogen-bond donors (Lipinski definition) is 2. The molecule has 2 N–H and O–H groups in total. The number of nitrogens with one attached hydrogen (secondary N) is 2. The molecule has 0 spiro atoms. The van der Waals surface area contributed by atoms with Gasteiger partial charge in [0.1, 0.15) is 5.82 Å². The number of halogens is 1. The van der Waals surface area contributed by atoms with Crippen LogP contribution in [0.1, 0.15) is 11.3 Å². The van der Waals surface area contributed by atoms with Crippen molar-refractivity contribution >= 4 is 5.91 Å². The molecule has 0 unspecified atom stereocenters. The molecule has 2 aromatic rings. The zero-order valence-electron chi connectivity index (χ0n) is 11.0. The third kappa shape index (κ3) is 4.44. The fraction of sp³-hybridized carbons (Fsp3) is 0.200. The maximum absolute atomic E-state index is 13.3. The first-order chi connectivity index (χ1) is 9.75. The average molecular weight is 273 g/mol. The molecular weight excluding hydrogens is 257 g/mol. The predicted octanol–water partition coefficient (Wildman–Crippen LogP) is 1.63. The van der Waals surface area contributed by atoms with E-state index in [2.05, 4.69) is 15.6 Å². The van der Waals surface area contributed by atoms with Crippen LogP contribution in [-0.2, 0) is 17.9 Å². The van der Waals surface area contributed by atoms with Crippen molar-refractivity contribution in [3.05, 3.63) is 65.7 Å². The molecule has 4 nitrogen and oxygen atoms in total. The molecule has 0 atom stereocenters. The molecule has 0 fully saturated rings. The molecule has 0 saturated carbocycles. The van der Waals surface area contributed by atoms with Crippen LogP contribution in [0.5, 0.6) is 0 Å². The van der Waals surface area contributed by atoms with E-state index in [4.69, 9.17) is 0 Å². The van der Waals surface area contributed by atoms with Crippen LogP contribution in [0.2, 0.25) is 0 Å². The fourth-order valence-corrected chi connectivity index (χ4v) is 1.71. The van der Waals surface area contributed by atoms with E-state index < -0.39 is 0 Å². The van der Waals surface area contributed by atoms with Crippen molar-refractivity contribution < 1.29 is 9.18 Å². The van der Waals surface area contributed by atoms with Gasteiger partial charge in [0.2, 0.25) is 5.91 Å². The third-order valence-electron chi connectivity index (χ3n) is 2.75. The van der Waals surface area contributed by atoms with Gasteiger partial charge in [-0.05, 0) is 18.2 Å². The first kappa shape index (κ1) is 14.1. The highest BCUT2D eigenvalue weighted by Crippen LogP contribution is 2.04. The zero-order valence-corrected chi connectivity index (χ0v) is 11.0. The number of carbonyl (C=O) groups excluding carboxylic acids is 1. The minimum Gasteiger partial charge on any atom is -0.349 e. The van der Waals surface area contributed by atoms with Gasteiger partial charge in [-0.15, -0.1) is 0 Å². The third-order valence-corrected chi connectivity index (χ3v) is 2.75. The Kier molecular flexibility index (Phi) is 5.20. The van der Waals surface area contributed by atoms with Crippen LogP contribution in [0.4, 0.5) is 4.39 Å². The number of carbonyl (C=O) groups is 1. The summed E-state index contributed by atoms with van der Waals surface area (Å²) in [6.07, 6.45) is 1.68. The smallest absolute Gasteiger partial charge is 0.234 e. The summed E-state index contributed by atoms with van der Waals surface area (Å²) < 4.78 is 13.3. The van der Waals surface area contributed by atoms with Crippen LogP contribution in [0, 0.1) is 5.82 Å². The van der Waals surface area contributed by atoms with Gasteiger partial charge in [-0.2, -0.15) is 0 Å². The summed E-state index contributed by atoms with van der Waals surface area (Å²) in [5, 5.41) is 5.65. The maximum atomic E-state index is 13.3. The Morgan fingerprint density at radius 2 is 1.90 bits per heavy atom.